The Balaban J connectivity index is 2.37. The molecule has 0 atom stereocenters. The minimum absolute atomic E-state index is 0.310. The van der Waals surface area contributed by atoms with E-state index in [1.807, 2.05) is 0 Å². The van der Waals surface area contributed by atoms with Crippen molar-refractivity contribution in [3.8, 4) is 0 Å². The van der Waals surface area contributed by atoms with E-state index in [4.69, 9.17) is 11.6 Å². The monoisotopic (exact) mass is 200 g/mol. The molecule has 0 saturated carbocycles. The van der Waals surface area contributed by atoms with E-state index in [1.54, 1.807) is 0 Å². The van der Waals surface area contributed by atoms with E-state index in [-0.39, 0.29) is 6.03 Å². The van der Waals surface area contributed by atoms with Crippen molar-refractivity contribution in [1.29, 1.82) is 0 Å². The lowest BCUT2D eigenvalue weighted by atomic mass is 10.5. The number of anilines is 1. The zero-order chi connectivity index (χ0) is 9.52. The number of carbonyl (C=O) groups excluding carboxylic acids is 1. The number of aromatic nitrogens is 2. The molecule has 13 heavy (non-hydrogen) atoms. The summed E-state index contributed by atoms with van der Waals surface area (Å²) in [6, 6.07) is -0.310. The van der Waals surface area contributed by atoms with Crippen molar-refractivity contribution in [2.24, 2.45) is 0 Å². The first-order valence-electron chi connectivity index (χ1n) is 3.69. The molecule has 0 unspecified atom stereocenters. The van der Waals surface area contributed by atoms with Gasteiger partial charge in [0.25, 0.3) is 0 Å². The molecule has 0 aliphatic heterocycles. The van der Waals surface area contributed by atoms with Crippen LogP contribution in [0.3, 0.4) is 0 Å². The van der Waals surface area contributed by atoms with E-state index in [9.17, 15) is 4.79 Å². The van der Waals surface area contributed by atoms with E-state index < -0.39 is 0 Å². The summed E-state index contributed by atoms with van der Waals surface area (Å²) in [4.78, 5) is 18.5. The number of nitrogens with one attached hydrogen (secondary N) is 2. The first-order valence-corrected chi connectivity index (χ1v) is 4.22. The van der Waals surface area contributed by atoms with Crippen LogP contribution in [-0.4, -0.2) is 28.4 Å². The highest BCUT2D eigenvalue weighted by Gasteiger charge is 1.99. The van der Waals surface area contributed by atoms with Crippen molar-refractivity contribution in [1.82, 2.24) is 15.3 Å². The fourth-order valence-corrected chi connectivity index (χ4v) is 0.794. The Morgan fingerprint density at radius 2 is 2.15 bits per heavy atom. The Hall–Kier alpha value is -1.36. The molecule has 2 amide bonds. The van der Waals surface area contributed by atoms with Crippen LogP contribution in [0.25, 0.3) is 0 Å². The second-order valence-corrected chi connectivity index (χ2v) is 2.58. The molecule has 0 fully saturated rings. The summed E-state index contributed by atoms with van der Waals surface area (Å²) in [5.41, 5.74) is 0.551. The Morgan fingerprint density at radius 3 is 2.77 bits per heavy atom. The van der Waals surface area contributed by atoms with Gasteiger partial charge in [0.1, 0.15) is 6.33 Å². The number of hydrogen-bond acceptors (Lipinski definition) is 3. The van der Waals surface area contributed by atoms with Crippen LogP contribution in [0.5, 0.6) is 0 Å². The molecule has 1 aromatic rings. The zero-order valence-corrected chi connectivity index (χ0v) is 7.58. The number of nitrogens with zero attached hydrogens (tertiary/aromatic N) is 2. The van der Waals surface area contributed by atoms with Gasteiger partial charge in [-0.3, -0.25) is 0 Å². The summed E-state index contributed by atoms with van der Waals surface area (Å²) in [6.07, 6.45) is 4.41. The number of carbonyl (C=O) groups is 1. The van der Waals surface area contributed by atoms with Gasteiger partial charge in [-0.05, 0) is 0 Å². The summed E-state index contributed by atoms with van der Waals surface area (Å²) in [5.74, 6) is 0.388. The van der Waals surface area contributed by atoms with Gasteiger partial charge in [0, 0.05) is 12.4 Å². The minimum atomic E-state index is -0.310. The summed E-state index contributed by atoms with van der Waals surface area (Å²) in [7, 11) is 0. The van der Waals surface area contributed by atoms with Crippen LogP contribution in [0.15, 0.2) is 18.7 Å². The highest BCUT2D eigenvalue weighted by Crippen LogP contribution is 1.98. The summed E-state index contributed by atoms with van der Waals surface area (Å²) in [6.45, 7) is 0.432. The molecule has 2 N–H and O–H groups in total. The van der Waals surface area contributed by atoms with Crippen LogP contribution in [0, 0.1) is 0 Å². The molecule has 0 bridgehead atoms. The Kier molecular flexibility index (Phi) is 3.98. The van der Waals surface area contributed by atoms with Crippen molar-refractivity contribution in [2.45, 2.75) is 0 Å². The van der Waals surface area contributed by atoms with Crippen LogP contribution < -0.4 is 10.6 Å². The van der Waals surface area contributed by atoms with Gasteiger partial charge in [-0.15, -0.1) is 11.6 Å². The lowest BCUT2D eigenvalue weighted by Gasteiger charge is -2.04. The highest BCUT2D eigenvalue weighted by atomic mass is 35.5. The van der Waals surface area contributed by atoms with Gasteiger partial charge in [0.05, 0.1) is 18.1 Å². The smallest absolute Gasteiger partial charge is 0.319 e. The second-order valence-electron chi connectivity index (χ2n) is 2.20. The van der Waals surface area contributed by atoms with Gasteiger partial charge >= 0.3 is 6.03 Å². The van der Waals surface area contributed by atoms with Crippen LogP contribution in [0.1, 0.15) is 0 Å². The lowest BCUT2D eigenvalue weighted by molar-refractivity contribution is 0.252. The maximum absolute atomic E-state index is 11.0. The molecular formula is C7H9ClN4O. The predicted molar refractivity (Wildman–Crippen MR) is 49.8 cm³/mol. The maximum atomic E-state index is 11.0. The van der Waals surface area contributed by atoms with Gasteiger partial charge in [0.15, 0.2) is 0 Å². The van der Waals surface area contributed by atoms with Gasteiger partial charge in [0.2, 0.25) is 0 Å². The quantitative estimate of drug-likeness (QED) is 0.711. The molecule has 0 radical (unpaired) electrons. The molecular weight excluding hydrogens is 192 g/mol. The summed E-state index contributed by atoms with van der Waals surface area (Å²) < 4.78 is 0. The number of urea groups is 1. The minimum Gasteiger partial charge on any atom is -0.337 e. The zero-order valence-electron chi connectivity index (χ0n) is 6.83. The average molecular weight is 201 g/mol. The standard InChI is InChI=1S/C7H9ClN4O/c8-1-2-11-7(13)12-6-3-9-5-10-4-6/h3-5H,1-2H2,(H2,11,12,13). The molecule has 0 aliphatic carbocycles. The number of halogens is 1. The normalized spacial score (nSPS) is 9.31. The lowest BCUT2D eigenvalue weighted by Crippen LogP contribution is -2.30. The number of rotatable bonds is 3. The van der Waals surface area contributed by atoms with Crippen LogP contribution >= 0.6 is 11.6 Å². The van der Waals surface area contributed by atoms with Crippen molar-refractivity contribution in [3.05, 3.63) is 18.7 Å². The topological polar surface area (TPSA) is 66.9 Å². The Bertz CT molecular complexity index is 266. The number of amides is 2. The fraction of sp³-hybridized carbons (Fsp3) is 0.286. The Morgan fingerprint density at radius 1 is 1.46 bits per heavy atom. The molecule has 0 spiro atoms. The second kappa shape index (κ2) is 5.31. The van der Waals surface area contributed by atoms with Gasteiger partial charge < -0.3 is 10.6 Å². The van der Waals surface area contributed by atoms with E-state index in [2.05, 4.69) is 20.6 Å². The molecule has 0 aliphatic rings. The van der Waals surface area contributed by atoms with E-state index >= 15 is 0 Å². The average Bonchev–Trinajstić information content (AvgIpc) is 2.16. The van der Waals surface area contributed by atoms with E-state index in [0.717, 1.165) is 0 Å². The first-order chi connectivity index (χ1) is 6.33. The summed E-state index contributed by atoms with van der Waals surface area (Å²) in [5, 5.41) is 5.09. The molecule has 6 heteroatoms. The van der Waals surface area contributed by atoms with Crippen molar-refractivity contribution < 1.29 is 4.79 Å². The van der Waals surface area contributed by atoms with E-state index in [1.165, 1.54) is 18.7 Å². The van der Waals surface area contributed by atoms with E-state index in [0.29, 0.717) is 18.1 Å². The highest BCUT2D eigenvalue weighted by molar-refractivity contribution is 6.18. The Labute approximate surface area is 80.5 Å². The van der Waals surface area contributed by atoms with Crippen LogP contribution in [0.4, 0.5) is 10.5 Å². The van der Waals surface area contributed by atoms with Gasteiger partial charge in [-0.2, -0.15) is 0 Å². The molecule has 1 rings (SSSR count). The summed E-state index contributed by atoms with van der Waals surface area (Å²) >= 11 is 5.38. The molecule has 70 valence electrons. The SMILES string of the molecule is O=C(NCCCl)Nc1cncnc1. The van der Waals surface area contributed by atoms with Gasteiger partial charge in [-0.25, -0.2) is 14.8 Å². The van der Waals surface area contributed by atoms with Crippen molar-refractivity contribution >= 4 is 23.3 Å². The van der Waals surface area contributed by atoms with Crippen LogP contribution in [-0.2, 0) is 0 Å². The number of alkyl halides is 1. The first kappa shape index (κ1) is 9.73. The maximum Gasteiger partial charge on any atom is 0.319 e. The molecule has 0 saturated heterocycles. The molecule has 0 aromatic carbocycles. The largest absolute Gasteiger partial charge is 0.337 e. The third-order valence-electron chi connectivity index (χ3n) is 1.20. The van der Waals surface area contributed by atoms with Crippen molar-refractivity contribution in [2.75, 3.05) is 17.7 Å². The van der Waals surface area contributed by atoms with Gasteiger partial charge in [-0.1, -0.05) is 0 Å². The van der Waals surface area contributed by atoms with Crippen LogP contribution in [0.2, 0.25) is 0 Å². The number of hydrogen-bond donors (Lipinski definition) is 2. The van der Waals surface area contributed by atoms with Crippen molar-refractivity contribution in [3.63, 3.8) is 0 Å². The molecule has 1 heterocycles. The fourth-order valence-electron chi connectivity index (χ4n) is 0.700. The third-order valence-corrected chi connectivity index (χ3v) is 1.39. The molecule has 1 aromatic heterocycles. The predicted octanol–water partition coefficient (Wildman–Crippen LogP) is 0.837. The third kappa shape index (κ3) is 3.71. The molecule has 5 nitrogen and oxygen atoms in total.